The summed E-state index contributed by atoms with van der Waals surface area (Å²) >= 11 is 0. The number of aryl methyl sites for hydroxylation is 2. The summed E-state index contributed by atoms with van der Waals surface area (Å²) < 4.78 is 49.9. The van der Waals surface area contributed by atoms with Gasteiger partial charge >= 0.3 is 17.2 Å². The molecule has 5 heterocycles. The highest BCUT2D eigenvalue weighted by atomic mass is 16.7. The minimum atomic E-state index is -2.03. The van der Waals surface area contributed by atoms with Crippen molar-refractivity contribution in [3.63, 3.8) is 0 Å². The molecule has 3 aliphatic rings. The molecular weight excluding hydrogens is 1060 g/mol. The molecule has 2 aromatic heterocycles. The molecule has 0 radical (unpaired) electrons. The highest BCUT2D eigenvalue weighted by molar-refractivity contribution is 5.92. The van der Waals surface area contributed by atoms with Gasteiger partial charge in [-0.1, -0.05) is 57.2 Å². The second kappa shape index (κ2) is 26.3. The Balaban J connectivity index is 1.23. The van der Waals surface area contributed by atoms with E-state index in [4.69, 9.17) is 37.3 Å². The lowest BCUT2D eigenvalue weighted by Gasteiger charge is -2.48. The monoisotopic (exact) mass is 1150 g/mol. The van der Waals surface area contributed by atoms with Gasteiger partial charge in [0.15, 0.2) is 12.6 Å². The molecule has 0 spiro atoms. The van der Waals surface area contributed by atoms with Crippen LogP contribution < -0.4 is 16.6 Å². The molecule has 0 aliphatic carbocycles. The van der Waals surface area contributed by atoms with Crippen molar-refractivity contribution in [3.05, 3.63) is 91.6 Å². The Bertz CT molecular complexity index is 2860. The largest absolute Gasteiger partial charge is 0.459 e. The van der Waals surface area contributed by atoms with Crippen molar-refractivity contribution in [3.8, 4) is 0 Å². The van der Waals surface area contributed by atoms with Crippen LogP contribution in [0.1, 0.15) is 130 Å². The number of aliphatic hydroxyl groups is 5. The summed E-state index contributed by atoms with van der Waals surface area (Å²) in [5.41, 5.74) is -4.89. The van der Waals surface area contributed by atoms with Crippen molar-refractivity contribution in [1.29, 1.82) is 0 Å². The molecule has 4 aromatic rings. The molecule has 7 rings (SSSR count). The number of fused-ring (bicyclic) bond motifs is 2. The van der Waals surface area contributed by atoms with E-state index in [0.717, 1.165) is 0 Å². The van der Waals surface area contributed by atoms with Crippen LogP contribution in [-0.4, -0.2) is 178 Å². The molecule has 20 heteroatoms. The predicted molar refractivity (Wildman–Crippen MR) is 307 cm³/mol. The SMILES string of the molecule is CC[C@H]1OC(=O)[C@H](C)[C@@H](O[C@H]2C[C@@](C)(OC)[C@@H](O)[C@H](C)O2)[C@H](C)[C@@H](O[C@@H]2O[C@H](C)C[C@H](N(C)C)[C@H]2O)[C@](C)(O)C[C@@H](C)CN(CCCNC(=O)C(c2c(C)c3ccccc3oc2=O)c2c(C)c3ccccc3oc2=O)[C@H](C)[C@@H](O)[C@]1(C)O. The zero-order valence-electron chi connectivity index (χ0n) is 50.5. The topological polar surface area (TPSA) is 270 Å². The van der Waals surface area contributed by atoms with Gasteiger partial charge in [-0.3, -0.25) is 14.5 Å². The summed E-state index contributed by atoms with van der Waals surface area (Å²) in [6.07, 6.45) is -9.67. The van der Waals surface area contributed by atoms with Crippen molar-refractivity contribution in [2.24, 2.45) is 17.8 Å². The lowest BCUT2D eigenvalue weighted by molar-refractivity contribution is -0.318. The number of amides is 1. The van der Waals surface area contributed by atoms with E-state index in [9.17, 15) is 44.7 Å². The molecule has 0 saturated carbocycles. The first kappa shape index (κ1) is 64.9. The van der Waals surface area contributed by atoms with Crippen molar-refractivity contribution in [1.82, 2.24) is 15.1 Å². The van der Waals surface area contributed by atoms with Gasteiger partial charge in [0.1, 0.15) is 47.1 Å². The Morgan fingerprint density at radius 1 is 0.829 bits per heavy atom. The number of cyclic esters (lactones) is 1. The van der Waals surface area contributed by atoms with Gasteiger partial charge in [0.2, 0.25) is 5.91 Å². The Labute approximate surface area is 481 Å². The number of carbonyl (C=O) groups is 2. The maximum atomic E-state index is 14.9. The Morgan fingerprint density at radius 2 is 1.40 bits per heavy atom. The molecule has 6 N–H and O–H groups in total. The van der Waals surface area contributed by atoms with Gasteiger partial charge in [0, 0.05) is 61.9 Å². The highest BCUT2D eigenvalue weighted by Crippen LogP contribution is 2.41. The fourth-order valence-electron chi connectivity index (χ4n) is 13.2. The first-order valence-corrected chi connectivity index (χ1v) is 29.1. The summed E-state index contributed by atoms with van der Waals surface area (Å²) in [6.45, 7) is 21.1. The van der Waals surface area contributed by atoms with E-state index < -0.39 is 125 Å². The maximum absolute atomic E-state index is 14.9. The highest BCUT2D eigenvalue weighted by Gasteiger charge is 2.53. The van der Waals surface area contributed by atoms with E-state index in [1.54, 1.807) is 111 Å². The van der Waals surface area contributed by atoms with Crippen molar-refractivity contribution >= 4 is 33.8 Å². The third-order valence-corrected chi connectivity index (χ3v) is 18.0. The van der Waals surface area contributed by atoms with E-state index in [0.29, 0.717) is 39.5 Å². The standard InChI is InChI=1S/C62H91N3O17/c1-16-45-62(12,74)52(67)38(8)65(27-21-26-63-55(69)49(47-34(4)40-22-17-19-24-43(40)78-57(47)71)48-35(5)41-23-18-20-25-44(41)79-58(48)72)31-32(2)29-60(10,73)54(82-59-50(66)42(64(13)14)28-33(3)76-59)36(6)51(37(7)56(70)80-45)81-46-30-61(11,75-15)53(68)39(9)77-46/h17-20,22-25,32-33,36-39,42,45-46,49-54,59,66-68,73-74H,16,21,26-31H2,1-15H3,(H,63,69)/t32-,33-,36+,37-,38-,39+,42+,45-,46+,50-,51+,52-,53+,54-,59+,60-,61-,62-/m1/s1. The Hall–Kier alpha value is -4.68. The summed E-state index contributed by atoms with van der Waals surface area (Å²) in [6, 6.07) is 12.7. The second-order valence-corrected chi connectivity index (χ2v) is 24.6. The number of aliphatic hydroxyl groups excluding tert-OH is 3. The van der Waals surface area contributed by atoms with E-state index >= 15 is 0 Å². The van der Waals surface area contributed by atoms with Crippen LogP contribution in [0.3, 0.4) is 0 Å². The van der Waals surface area contributed by atoms with Gasteiger partial charge in [-0.15, -0.1) is 0 Å². The molecule has 3 fully saturated rings. The Kier molecular flexibility index (Phi) is 20.8. The smallest absolute Gasteiger partial charge is 0.340 e. The second-order valence-electron chi connectivity index (χ2n) is 24.6. The molecule has 3 aliphatic heterocycles. The molecule has 0 unspecified atom stereocenters. The van der Waals surface area contributed by atoms with Gasteiger partial charge < -0.3 is 73.0 Å². The van der Waals surface area contributed by atoms with Crippen LogP contribution in [0.25, 0.3) is 21.9 Å². The van der Waals surface area contributed by atoms with Crippen molar-refractivity contribution in [2.75, 3.05) is 40.8 Å². The molecule has 82 heavy (non-hydrogen) atoms. The van der Waals surface area contributed by atoms with Crippen LogP contribution in [0.4, 0.5) is 0 Å². The quantitative estimate of drug-likeness (QED) is 0.0521. The lowest BCUT2D eigenvalue weighted by Crippen LogP contribution is -2.60. The minimum absolute atomic E-state index is 0.00944. The molecule has 3 saturated heterocycles. The number of esters is 1. The summed E-state index contributed by atoms with van der Waals surface area (Å²) in [5.74, 6) is -5.27. The first-order valence-electron chi connectivity index (χ1n) is 29.1. The fourth-order valence-corrected chi connectivity index (χ4v) is 13.2. The zero-order chi connectivity index (χ0) is 60.5. The molecule has 1 amide bonds. The summed E-state index contributed by atoms with van der Waals surface area (Å²) in [4.78, 5) is 61.5. The van der Waals surface area contributed by atoms with E-state index in [2.05, 4.69) is 5.32 Å². The Morgan fingerprint density at radius 3 is 1.95 bits per heavy atom. The van der Waals surface area contributed by atoms with Crippen LogP contribution in [0.15, 0.2) is 67.0 Å². The number of methoxy groups -OCH3 is 1. The molecule has 20 nitrogen and oxygen atoms in total. The van der Waals surface area contributed by atoms with E-state index in [1.807, 2.05) is 37.7 Å². The fraction of sp³-hybridized carbons (Fsp3) is 0.677. The van der Waals surface area contributed by atoms with Crippen LogP contribution in [0.2, 0.25) is 0 Å². The number of likely N-dealkylation sites (N-methyl/N-ethyl adjacent to an activating group) is 1. The first-order chi connectivity index (χ1) is 38.5. The van der Waals surface area contributed by atoms with Gasteiger partial charge in [-0.2, -0.15) is 0 Å². The van der Waals surface area contributed by atoms with Crippen LogP contribution in [0, 0.1) is 31.6 Å². The number of nitrogens with one attached hydrogen (secondary N) is 1. The maximum Gasteiger partial charge on any atom is 0.340 e. The van der Waals surface area contributed by atoms with Gasteiger partial charge in [-0.05, 0) is 131 Å². The number of rotatable bonds is 14. The average Bonchev–Trinajstić information content (AvgIpc) is 3.42. The summed E-state index contributed by atoms with van der Waals surface area (Å²) in [7, 11) is 5.20. The molecule has 18 atom stereocenters. The number of ether oxygens (including phenoxy) is 6. The number of hydrogen-bond acceptors (Lipinski definition) is 19. The van der Waals surface area contributed by atoms with E-state index in [-0.39, 0.29) is 68.6 Å². The van der Waals surface area contributed by atoms with Crippen molar-refractivity contribution in [2.45, 2.75) is 211 Å². The number of nitrogens with zero attached hydrogens (tertiary/aromatic N) is 2. The minimum Gasteiger partial charge on any atom is -0.459 e. The van der Waals surface area contributed by atoms with Gasteiger partial charge in [0.05, 0.1) is 52.7 Å². The van der Waals surface area contributed by atoms with E-state index in [1.165, 1.54) is 14.0 Å². The number of benzene rings is 2. The van der Waals surface area contributed by atoms with Crippen LogP contribution in [-0.2, 0) is 38.0 Å². The third-order valence-electron chi connectivity index (χ3n) is 18.0. The molecule has 0 bridgehead atoms. The van der Waals surface area contributed by atoms with Crippen LogP contribution in [0.5, 0.6) is 0 Å². The molecular formula is C62H91N3O17. The third kappa shape index (κ3) is 13.5. The van der Waals surface area contributed by atoms with Crippen LogP contribution >= 0.6 is 0 Å². The zero-order valence-corrected chi connectivity index (χ0v) is 50.5. The average molecular weight is 1150 g/mol. The number of hydrogen-bond donors (Lipinski definition) is 6. The number of para-hydroxylation sites is 2. The van der Waals surface area contributed by atoms with Gasteiger partial charge in [-0.25, -0.2) is 9.59 Å². The summed E-state index contributed by atoms with van der Waals surface area (Å²) in [5, 5.41) is 65.1. The van der Waals surface area contributed by atoms with Gasteiger partial charge in [0.25, 0.3) is 0 Å². The van der Waals surface area contributed by atoms with Crippen molar-refractivity contribution < 1.29 is 72.4 Å². The molecule has 2 aromatic carbocycles. The number of carbonyl (C=O) groups excluding carboxylic acids is 2. The predicted octanol–water partition coefficient (Wildman–Crippen LogP) is 5.44. The normalized spacial score (nSPS) is 35.8. The molecule has 456 valence electrons. The lowest BCUT2D eigenvalue weighted by atomic mass is 9.77.